The third-order valence-corrected chi connectivity index (χ3v) is 2.69. The molecule has 0 saturated carbocycles. The van der Waals surface area contributed by atoms with Gasteiger partial charge in [0, 0.05) is 11.9 Å². The van der Waals surface area contributed by atoms with Gasteiger partial charge in [-0.25, -0.2) is 0 Å². The highest BCUT2D eigenvalue weighted by Crippen LogP contribution is 2.27. The Kier molecular flexibility index (Phi) is 4.99. The Morgan fingerprint density at radius 3 is 2.53 bits per heavy atom. The van der Waals surface area contributed by atoms with Crippen molar-refractivity contribution < 1.29 is 13.2 Å². The summed E-state index contributed by atoms with van der Waals surface area (Å²) in [7, 11) is 0. The minimum Gasteiger partial charge on any atom is -0.369 e. The van der Waals surface area contributed by atoms with E-state index < -0.39 is 11.9 Å². The van der Waals surface area contributed by atoms with Gasteiger partial charge < -0.3 is 5.32 Å². The first-order valence-electron chi connectivity index (χ1n) is 5.22. The van der Waals surface area contributed by atoms with Crippen LogP contribution in [0.1, 0.15) is 25.5 Å². The molecule has 0 bridgehead atoms. The van der Waals surface area contributed by atoms with E-state index in [1.165, 1.54) is 6.07 Å². The lowest BCUT2D eigenvalue weighted by Gasteiger charge is -2.09. The Morgan fingerprint density at radius 2 is 2.06 bits per heavy atom. The molecule has 0 aliphatic carbocycles. The fraction of sp³-hybridized carbons (Fsp3) is 0.600. The maximum Gasteiger partial charge on any atom is 0.435 e. The van der Waals surface area contributed by atoms with Crippen molar-refractivity contribution in [2.24, 2.45) is 0 Å². The number of nitrogens with zero attached hydrogens (tertiary/aromatic N) is 2. The fourth-order valence-electron chi connectivity index (χ4n) is 1.14. The standard InChI is InChI=1S/C10H13ClF3N3/c1-2-7(11)5-6-15-9-4-3-8(16-17-9)10(12,13)14/h3-4,7H,2,5-6H2,1H3,(H,15,17). The molecule has 7 heteroatoms. The number of nitrogens with one attached hydrogen (secondary N) is 1. The molecule has 1 atom stereocenters. The van der Waals surface area contributed by atoms with E-state index in [0.29, 0.717) is 12.4 Å². The molecule has 17 heavy (non-hydrogen) atoms. The highest BCUT2D eigenvalue weighted by molar-refractivity contribution is 6.20. The molecule has 0 radical (unpaired) electrons. The van der Waals surface area contributed by atoms with Crippen molar-refractivity contribution in [3.05, 3.63) is 17.8 Å². The quantitative estimate of drug-likeness (QED) is 0.832. The Bertz CT molecular complexity index is 340. The van der Waals surface area contributed by atoms with Crippen molar-refractivity contribution in [1.82, 2.24) is 10.2 Å². The van der Waals surface area contributed by atoms with Gasteiger partial charge in [-0.2, -0.15) is 13.2 Å². The molecule has 1 aromatic heterocycles. The van der Waals surface area contributed by atoms with Crippen molar-refractivity contribution >= 4 is 17.4 Å². The summed E-state index contributed by atoms with van der Waals surface area (Å²) in [6, 6.07) is 2.15. The van der Waals surface area contributed by atoms with Gasteiger partial charge >= 0.3 is 6.18 Å². The predicted octanol–water partition coefficient (Wildman–Crippen LogP) is 3.31. The van der Waals surface area contributed by atoms with Gasteiger partial charge in [0.25, 0.3) is 0 Å². The first-order valence-corrected chi connectivity index (χ1v) is 5.66. The van der Waals surface area contributed by atoms with Crippen LogP contribution in [0, 0.1) is 0 Å². The Labute approximate surface area is 102 Å². The second kappa shape index (κ2) is 6.05. The maximum atomic E-state index is 12.2. The van der Waals surface area contributed by atoms with Crippen LogP contribution in [0.2, 0.25) is 0 Å². The number of hydrogen-bond donors (Lipinski definition) is 1. The lowest BCUT2D eigenvalue weighted by molar-refractivity contribution is -0.141. The predicted molar refractivity (Wildman–Crippen MR) is 60.1 cm³/mol. The normalized spacial score (nSPS) is 13.5. The van der Waals surface area contributed by atoms with Crippen LogP contribution in [0.5, 0.6) is 0 Å². The molecule has 0 saturated heterocycles. The molecule has 3 nitrogen and oxygen atoms in total. The molecule has 0 amide bonds. The molecule has 0 fully saturated rings. The van der Waals surface area contributed by atoms with Crippen LogP contribution in [0.25, 0.3) is 0 Å². The van der Waals surface area contributed by atoms with Crippen LogP contribution in [0.15, 0.2) is 12.1 Å². The monoisotopic (exact) mass is 267 g/mol. The van der Waals surface area contributed by atoms with Crippen LogP contribution < -0.4 is 5.32 Å². The summed E-state index contributed by atoms with van der Waals surface area (Å²) in [5, 5.41) is 9.46. The van der Waals surface area contributed by atoms with Crippen LogP contribution >= 0.6 is 11.6 Å². The van der Waals surface area contributed by atoms with Gasteiger partial charge in [-0.05, 0) is 25.0 Å². The first kappa shape index (κ1) is 14.0. The number of alkyl halides is 4. The summed E-state index contributed by atoms with van der Waals surface area (Å²) in [4.78, 5) is 0. The zero-order valence-electron chi connectivity index (χ0n) is 9.26. The van der Waals surface area contributed by atoms with Crippen LogP contribution in [0.3, 0.4) is 0 Å². The van der Waals surface area contributed by atoms with E-state index in [-0.39, 0.29) is 5.38 Å². The zero-order valence-corrected chi connectivity index (χ0v) is 10.0. The smallest absolute Gasteiger partial charge is 0.369 e. The van der Waals surface area contributed by atoms with Crippen LogP contribution in [-0.2, 0) is 6.18 Å². The number of aromatic nitrogens is 2. The number of anilines is 1. The molecule has 0 aliphatic heterocycles. The lowest BCUT2D eigenvalue weighted by atomic mass is 10.2. The zero-order chi connectivity index (χ0) is 12.9. The lowest BCUT2D eigenvalue weighted by Crippen LogP contribution is -2.12. The Morgan fingerprint density at radius 1 is 1.35 bits per heavy atom. The SMILES string of the molecule is CCC(Cl)CCNc1ccc(C(F)(F)F)nn1. The van der Waals surface area contributed by atoms with E-state index in [0.717, 1.165) is 18.9 Å². The Balaban J connectivity index is 2.46. The summed E-state index contributed by atoms with van der Waals surface area (Å²) in [6.45, 7) is 2.53. The molecule has 1 heterocycles. The molecule has 1 unspecified atom stereocenters. The maximum absolute atomic E-state index is 12.2. The highest BCUT2D eigenvalue weighted by Gasteiger charge is 2.32. The summed E-state index contributed by atoms with van der Waals surface area (Å²) in [5.41, 5.74) is -0.994. The van der Waals surface area contributed by atoms with E-state index in [1.807, 2.05) is 6.92 Å². The number of rotatable bonds is 5. The molecule has 1 N–H and O–H groups in total. The van der Waals surface area contributed by atoms with Crippen LogP contribution in [-0.4, -0.2) is 22.1 Å². The number of halogens is 4. The van der Waals surface area contributed by atoms with Crippen molar-refractivity contribution in [2.75, 3.05) is 11.9 Å². The number of hydrogen-bond acceptors (Lipinski definition) is 3. The molecule has 96 valence electrons. The molecule has 0 spiro atoms. The van der Waals surface area contributed by atoms with E-state index in [9.17, 15) is 13.2 Å². The van der Waals surface area contributed by atoms with Gasteiger partial charge in [0.15, 0.2) is 5.69 Å². The van der Waals surface area contributed by atoms with Crippen LogP contribution in [0.4, 0.5) is 19.0 Å². The van der Waals surface area contributed by atoms with Gasteiger partial charge in [0.2, 0.25) is 0 Å². The van der Waals surface area contributed by atoms with E-state index in [4.69, 9.17) is 11.6 Å². The van der Waals surface area contributed by atoms with Gasteiger partial charge in [0.1, 0.15) is 5.82 Å². The average Bonchev–Trinajstić information content (AvgIpc) is 2.28. The molecule has 0 aromatic carbocycles. The van der Waals surface area contributed by atoms with Crippen molar-refractivity contribution in [3.63, 3.8) is 0 Å². The molecular formula is C10H13ClF3N3. The summed E-state index contributed by atoms with van der Waals surface area (Å²) in [6.07, 6.45) is -2.88. The minimum absolute atomic E-state index is 0.0601. The molecule has 1 rings (SSSR count). The average molecular weight is 268 g/mol. The van der Waals surface area contributed by atoms with Crippen molar-refractivity contribution in [3.8, 4) is 0 Å². The van der Waals surface area contributed by atoms with Crippen molar-refractivity contribution in [2.45, 2.75) is 31.3 Å². The third kappa shape index (κ3) is 4.77. The second-order valence-electron chi connectivity index (χ2n) is 3.52. The first-order chi connectivity index (χ1) is 7.93. The van der Waals surface area contributed by atoms with Gasteiger partial charge in [-0.3, -0.25) is 0 Å². The largest absolute Gasteiger partial charge is 0.435 e. The van der Waals surface area contributed by atoms with E-state index >= 15 is 0 Å². The molecule has 0 aliphatic rings. The van der Waals surface area contributed by atoms with Crippen molar-refractivity contribution in [1.29, 1.82) is 0 Å². The topological polar surface area (TPSA) is 37.8 Å². The summed E-state index contributed by atoms with van der Waals surface area (Å²) < 4.78 is 36.5. The second-order valence-corrected chi connectivity index (χ2v) is 4.14. The molecule has 1 aromatic rings. The third-order valence-electron chi connectivity index (χ3n) is 2.16. The molecular weight excluding hydrogens is 255 g/mol. The summed E-state index contributed by atoms with van der Waals surface area (Å²) >= 11 is 5.89. The van der Waals surface area contributed by atoms with E-state index in [1.54, 1.807) is 0 Å². The van der Waals surface area contributed by atoms with E-state index in [2.05, 4.69) is 15.5 Å². The van der Waals surface area contributed by atoms with Gasteiger partial charge in [0.05, 0.1) is 0 Å². The minimum atomic E-state index is -4.45. The fourth-order valence-corrected chi connectivity index (χ4v) is 1.25. The highest BCUT2D eigenvalue weighted by atomic mass is 35.5. The van der Waals surface area contributed by atoms with Gasteiger partial charge in [-0.15, -0.1) is 21.8 Å². The van der Waals surface area contributed by atoms with Gasteiger partial charge in [-0.1, -0.05) is 6.92 Å². The Hall–Kier alpha value is -1.04. The summed E-state index contributed by atoms with van der Waals surface area (Å²) in [5.74, 6) is 0.318.